The number of hydrogen-bond acceptors (Lipinski definition) is 8. The fraction of sp³-hybridized carbons (Fsp3) is 0.636. The van der Waals surface area contributed by atoms with E-state index >= 15 is 0 Å². The zero-order chi connectivity index (χ0) is 15.4. The van der Waals surface area contributed by atoms with Gasteiger partial charge < -0.3 is 10.5 Å². The Morgan fingerprint density at radius 2 is 2.43 bits per heavy atom. The van der Waals surface area contributed by atoms with E-state index in [0.717, 1.165) is 0 Å². The molecule has 0 saturated carbocycles. The van der Waals surface area contributed by atoms with Gasteiger partial charge in [0.25, 0.3) is 0 Å². The molecule has 1 saturated heterocycles. The van der Waals surface area contributed by atoms with Gasteiger partial charge in [-0.05, 0) is 19.9 Å². The van der Waals surface area contributed by atoms with Crippen molar-refractivity contribution in [3.8, 4) is 0 Å². The van der Waals surface area contributed by atoms with Gasteiger partial charge in [0, 0.05) is 16.5 Å². The summed E-state index contributed by atoms with van der Waals surface area (Å²) < 4.78 is 28.5. The van der Waals surface area contributed by atoms with Crippen molar-refractivity contribution in [3.05, 3.63) is 22.7 Å². The van der Waals surface area contributed by atoms with Gasteiger partial charge in [0.05, 0.1) is 0 Å². The molecule has 1 aromatic rings. The number of thioether (sulfide) groups is 1. The smallest absolute Gasteiger partial charge is 0.383 e. The van der Waals surface area contributed by atoms with Crippen molar-refractivity contribution in [2.45, 2.75) is 31.6 Å². The first-order chi connectivity index (χ1) is 9.95. The maximum atomic E-state index is 11.7. The van der Waals surface area contributed by atoms with E-state index in [4.69, 9.17) is 19.5 Å². The second-order valence-electron chi connectivity index (χ2n) is 4.57. The summed E-state index contributed by atoms with van der Waals surface area (Å²) in [6, 6.07) is 1.53. The Hall–Kier alpha value is -0.990. The number of hydrogen-bond donors (Lipinski definition) is 1. The highest BCUT2D eigenvalue weighted by molar-refractivity contribution is 8.00. The fourth-order valence-electron chi connectivity index (χ4n) is 1.65. The van der Waals surface area contributed by atoms with Crippen molar-refractivity contribution in [3.63, 3.8) is 0 Å². The first-order valence-corrected chi connectivity index (χ1v) is 8.49. The zero-order valence-corrected chi connectivity index (χ0v) is 13.4. The Balaban J connectivity index is 1.86. The lowest BCUT2D eigenvalue weighted by Gasteiger charge is -2.13. The van der Waals surface area contributed by atoms with Gasteiger partial charge in [-0.15, -0.1) is 20.8 Å². The second kappa shape index (κ2) is 7.33. The van der Waals surface area contributed by atoms with Gasteiger partial charge in [-0.25, -0.2) is 4.79 Å². The molecule has 3 atom stereocenters. The van der Waals surface area contributed by atoms with Gasteiger partial charge >= 0.3 is 13.9 Å². The van der Waals surface area contributed by atoms with Crippen LogP contribution in [0.4, 0.5) is 5.82 Å². The quantitative estimate of drug-likeness (QED) is 0.781. The Morgan fingerprint density at radius 3 is 3.10 bits per heavy atom. The summed E-state index contributed by atoms with van der Waals surface area (Å²) >= 11 is 1.47. The molecule has 0 aromatic carbocycles. The molecule has 1 fully saturated rings. The highest BCUT2D eigenvalue weighted by Crippen LogP contribution is 2.34. The maximum Gasteiger partial charge on any atom is 0.697 e. The van der Waals surface area contributed by atoms with E-state index in [-0.39, 0.29) is 24.0 Å². The lowest BCUT2D eigenvalue weighted by molar-refractivity contribution is -0.00380. The van der Waals surface area contributed by atoms with Crippen LogP contribution in [0.5, 0.6) is 0 Å². The zero-order valence-electron chi connectivity index (χ0n) is 11.7. The van der Waals surface area contributed by atoms with Gasteiger partial charge in [0.2, 0.25) is 0 Å². The van der Waals surface area contributed by atoms with Crippen LogP contribution >= 0.6 is 20.0 Å². The van der Waals surface area contributed by atoms with Crippen molar-refractivity contribution < 1.29 is 18.3 Å². The molecular weight excluding hydrogens is 317 g/mol. The van der Waals surface area contributed by atoms with Crippen molar-refractivity contribution in [2.24, 2.45) is 0 Å². The summed E-state index contributed by atoms with van der Waals surface area (Å²) in [5.41, 5.74) is 4.66. The van der Waals surface area contributed by atoms with Crippen molar-refractivity contribution >= 4 is 25.8 Å². The van der Waals surface area contributed by atoms with Crippen molar-refractivity contribution in [1.29, 1.82) is 0 Å². The number of aromatic nitrogens is 2. The Kier molecular flexibility index (Phi) is 5.72. The largest absolute Gasteiger partial charge is 0.697 e. The number of ether oxygens (including phenoxy) is 1. The van der Waals surface area contributed by atoms with Crippen molar-refractivity contribution in [2.75, 3.05) is 18.1 Å². The van der Waals surface area contributed by atoms with Crippen LogP contribution < -0.4 is 11.4 Å². The minimum atomic E-state index is -2.16. The topological polar surface area (TPSA) is 106 Å². The van der Waals surface area contributed by atoms with Crippen LogP contribution in [0.25, 0.3) is 0 Å². The molecule has 1 aliphatic heterocycles. The highest BCUT2D eigenvalue weighted by atomic mass is 32.2. The number of rotatable bonds is 6. The number of nitrogens with two attached hydrogens (primary N) is 1. The minimum Gasteiger partial charge on any atom is -0.383 e. The Bertz CT molecular complexity index is 567. The van der Waals surface area contributed by atoms with E-state index < -0.39 is 20.2 Å². The monoisotopic (exact) mass is 334 g/mol. The van der Waals surface area contributed by atoms with Crippen LogP contribution in [0.3, 0.4) is 0 Å². The van der Waals surface area contributed by atoms with Gasteiger partial charge in [-0.3, -0.25) is 4.57 Å². The van der Waals surface area contributed by atoms with Crippen LogP contribution in [0, 0.1) is 0 Å². The predicted molar refractivity (Wildman–Crippen MR) is 79.1 cm³/mol. The summed E-state index contributed by atoms with van der Waals surface area (Å²) in [7, 11) is -2.16. The maximum absolute atomic E-state index is 11.7. The normalized spacial score (nSPS) is 22.7. The van der Waals surface area contributed by atoms with Crippen LogP contribution in [0.15, 0.2) is 17.1 Å². The lowest BCUT2D eigenvalue weighted by atomic mass is 10.5. The standard InChI is InChI=1S/C11H16N3O5PS/c1-7(2)19-20(16)17-5-10-18-9(6-21-10)14-4-3-8(12)13-11(14)15/h3-4,7,9-10H,5-6H2,1-2H3,(H-,12,13,15)/p+1/t9-,10+/m1/s1. The van der Waals surface area contributed by atoms with Gasteiger partial charge in [0.1, 0.15) is 30.2 Å². The van der Waals surface area contributed by atoms with Crippen molar-refractivity contribution in [1.82, 2.24) is 9.55 Å². The molecule has 116 valence electrons. The SMILES string of the molecule is CC(C)O[P+](=O)OC[C@H]1O[C@@H](n2ccc(N)nc2=O)CS1. The summed E-state index contributed by atoms with van der Waals surface area (Å²) in [5, 5.41) is 0. The lowest BCUT2D eigenvalue weighted by Crippen LogP contribution is -2.28. The van der Waals surface area contributed by atoms with E-state index in [1.807, 2.05) is 0 Å². The van der Waals surface area contributed by atoms with E-state index in [9.17, 15) is 9.36 Å². The third kappa shape index (κ3) is 4.76. The average molecular weight is 334 g/mol. The van der Waals surface area contributed by atoms with Gasteiger partial charge in [-0.1, -0.05) is 0 Å². The average Bonchev–Trinajstić information content (AvgIpc) is 2.84. The number of nitrogen functional groups attached to an aromatic ring is 1. The minimum absolute atomic E-state index is 0.125. The Labute approximate surface area is 126 Å². The van der Waals surface area contributed by atoms with E-state index in [2.05, 4.69) is 4.98 Å². The van der Waals surface area contributed by atoms with Gasteiger partial charge in [0.15, 0.2) is 0 Å². The molecule has 8 nitrogen and oxygen atoms in total. The Morgan fingerprint density at radius 1 is 1.67 bits per heavy atom. The van der Waals surface area contributed by atoms with E-state index in [0.29, 0.717) is 5.75 Å². The molecule has 1 unspecified atom stereocenters. The highest BCUT2D eigenvalue weighted by Gasteiger charge is 2.32. The molecule has 0 radical (unpaired) electrons. The van der Waals surface area contributed by atoms with E-state index in [1.165, 1.54) is 22.4 Å². The first kappa shape index (κ1) is 16.4. The fourth-order valence-corrected chi connectivity index (χ4v) is 3.40. The molecule has 2 rings (SSSR count). The molecule has 0 bridgehead atoms. The summed E-state index contributed by atoms with van der Waals surface area (Å²) in [5.74, 6) is 0.742. The number of nitrogens with zero attached hydrogens (tertiary/aromatic N) is 2. The predicted octanol–water partition coefficient (Wildman–Crippen LogP) is 1.51. The molecule has 1 aliphatic rings. The third-order valence-electron chi connectivity index (χ3n) is 2.51. The summed E-state index contributed by atoms with van der Waals surface area (Å²) in [6.45, 7) is 3.67. The number of anilines is 1. The molecule has 0 amide bonds. The van der Waals surface area contributed by atoms with Gasteiger partial charge in [-0.2, -0.15) is 4.98 Å². The summed E-state index contributed by atoms with van der Waals surface area (Å²) in [6.07, 6.45) is 0.938. The molecule has 0 spiro atoms. The molecular formula is C11H17N3O5PS+. The van der Waals surface area contributed by atoms with Crippen LogP contribution in [0.2, 0.25) is 0 Å². The molecule has 0 aliphatic carbocycles. The molecule has 21 heavy (non-hydrogen) atoms. The summed E-state index contributed by atoms with van der Waals surface area (Å²) in [4.78, 5) is 15.4. The third-order valence-corrected chi connectivity index (χ3v) is 4.56. The first-order valence-electron chi connectivity index (χ1n) is 6.34. The molecule has 2 N–H and O–H groups in total. The van der Waals surface area contributed by atoms with Crippen LogP contribution in [0.1, 0.15) is 20.1 Å². The van der Waals surface area contributed by atoms with Crippen LogP contribution in [-0.2, 0) is 18.3 Å². The van der Waals surface area contributed by atoms with Crippen LogP contribution in [-0.4, -0.2) is 33.5 Å². The molecule has 2 heterocycles. The molecule has 10 heteroatoms. The molecule has 1 aromatic heterocycles. The van der Waals surface area contributed by atoms with E-state index in [1.54, 1.807) is 20.0 Å². The second-order valence-corrected chi connectivity index (χ2v) is 6.68.